The van der Waals surface area contributed by atoms with Crippen LogP contribution in [0.3, 0.4) is 0 Å². The summed E-state index contributed by atoms with van der Waals surface area (Å²) in [5.41, 5.74) is 0. The summed E-state index contributed by atoms with van der Waals surface area (Å²) in [6.45, 7) is 0.653. The van der Waals surface area contributed by atoms with E-state index in [9.17, 15) is 4.79 Å². The monoisotopic (exact) mass is 186 g/mol. The van der Waals surface area contributed by atoms with Gasteiger partial charge in [-0.1, -0.05) is 0 Å². The van der Waals surface area contributed by atoms with E-state index in [1.807, 2.05) is 6.26 Å². The molecule has 66 valence electrons. The topological polar surface area (TPSA) is 70.7 Å². The van der Waals surface area contributed by atoms with E-state index in [1.54, 1.807) is 11.8 Å². The highest BCUT2D eigenvalue weighted by Gasteiger charge is 2.05. The van der Waals surface area contributed by atoms with Crippen LogP contribution in [-0.2, 0) is 0 Å². The van der Waals surface area contributed by atoms with Crippen molar-refractivity contribution in [2.45, 2.75) is 0 Å². The molecule has 0 fully saturated rings. The Kier molecular flexibility index (Phi) is 3.59. The highest BCUT2D eigenvalue weighted by atomic mass is 32.2. The van der Waals surface area contributed by atoms with Crippen molar-refractivity contribution < 1.29 is 4.79 Å². The summed E-state index contributed by atoms with van der Waals surface area (Å²) in [7, 11) is 0. The van der Waals surface area contributed by atoms with Crippen molar-refractivity contribution in [2.75, 3.05) is 18.6 Å². The van der Waals surface area contributed by atoms with Crippen molar-refractivity contribution in [1.82, 2.24) is 20.5 Å². The van der Waals surface area contributed by atoms with Crippen LogP contribution in [0.15, 0.2) is 6.33 Å². The molecule has 0 aliphatic rings. The fourth-order valence-electron chi connectivity index (χ4n) is 0.665. The molecule has 0 bridgehead atoms. The molecule has 0 atom stereocenters. The third-order valence-electron chi connectivity index (χ3n) is 1.22. The summed E-state index contributed by atoms with van der Waals surface area (Å²) in [6.07, 6.45) is 3.30. The second-order valence-electron chi connectivity index (χ2n) is 2.08. The van der Waals surface area contributed by atoms with Crippen LogP contribution in [0.25, 0.3) is 0 Å². The zero-order valence-corrected chi connectivity index (χ0v) is 7.52. The molecular formula is C6H10N4OS. The molecule has 0 saturated carbocycles. The van der Waals surface area contributed by atoms with Gasteiger partial charge in [-0.3, -0.25) is 9.89 Å². The fraction of sp³-hybridized carbons (Fsp3) is 0.500. The molecule has 0 spiro atoms. The van der Waals surface area contributed by atoms with E-state index >= 15 is 0 Å². The van der Waals surface area contributed by atoms with Gasteiger partial charge in [0.05, 0.1) is 0 Å². The third kappa shape index (κ3) is 2.54. The van der Waals surface area contributed by atoms with Gasteiger partial charge in [0.2, 0.25) is 5.82 Å². The van der Waals surface area contributed by atoms with E-state index in [4.69, 9.17) is 0 Å². The molecular weight excluding hydrogens is 176 g/mol. The number of rotatable bonds is 4. The Hall–Kier alpha value is -1.04. The smallest absolute Gasteiger partial charge is 0.288 e. The van der Waals surface area contributed by atoms with Crippen LogP contribution in [0.1, 0.15) is 10.6 Å². The molecule has 0 unspecified atom stereocenters. The number of hydrogen-bond acceptors (Lipinski definition) is 4. The number of nitrogens with one attached hydrogen (secondary N) is 2. The molecule has 6 heteroatoms. The summed E-state index contributed by atoms with van der Waals surface area (Å²) in [6, 6.07) is 0. The Morgan fingerprint density at radius 2 is 2.67 bits per heavy atom. The number of nitrogens with zero attached hydrogens (tertiary/aromatic N) is 2. The van der Waals surface area contributed by atoms with Gasteiger partial charge in [0.15, 0.2) is 0 Å². The highest BCUT2D eigenvalue weighted by Crippen LogP contribution is 1.89. The van der Waals surface area contributed by atoms with Crippen LogP contribution in [0, 0.1) is 0 Å². The molecule has 0 aliphatic heterocycles. The van der Waals surface area contributed by atoms with Crippen LogP contribution in [0.5, 0.6) is 0 Å². The van der Waals surface area contributed by atoms with Gasteiger partial charge < -0.3 is 5.32 Å². The Morgan fingerprint density at radius 1 is 1.83 bits per heavy atom. The van der Waals surface area contributed by atoms with Gasteiger partial charge in [-0.05, 0) is 6.26 Å². The second kappa shape index (κ2) is 4.76. The maximum Gasteiger partial charge on any atom is 0.288 e. The first-order valence-corrected chi connectivity index (χ1v) is 4.86. The maximum absolute atomic E-state index is 11.1. The number of aromatic nitrogens is 3. The van der Waals surface area contributed by atoms with Gasteiger partial charge in [0.25, 0.3) is 5.91 Å². The number of aromatic amines is 1. The predicted octanol–water partition coefficient (Wildman–Crippen LogP) is -0.102. The molecule has 0 saturated heterocycles. The van der Waals surface area contributed by atoms with Gasteiger partial charge >= 0.3 is 0 Å². The summed E-state index contributed by atoms with van der Waals surface area (Å²) in [5, 5.41) is 8.75. The van der Waals surface area contributed by atoms with Gasteiger partial charge in [-0.15, -0.1) is 0 Å². The van der Waals surface area contributed by atoms with E-state index in [0.717, 1.165) is 5.75 Å². The summed E-state index contributed by atoms with van der Waals surface area (Å²) in [4.78, 5) is 14.8. The number of thioether (sulfide) groups is 1. The SMILES string of the molecule is CSCCNC(=O)c1ncn[nH]1. The fourth-order valence-corrected chi connectivity index (χ4v) is 0.971. The molecule has 0 aliphatic carbocycles. The van der Waals surface area contributed by atoms with Gasteiger partial charge in [0.1, 0.15) is 6.33 Å². The molecule has 1 aromatic rings. The van der Waals surface area contributed by atoms with Crippen molar-refractivity contribution in [1.29, 1.82) is 0 Å². The Balaban J connectivity index is 2.30. The van der Waals surface area contributed by atoms with Crippen molar-refractivity contribution in [3.63, 3.8) is 0 Å². The lowest BCUT2D eigenvalue weighted by Gasteiger charge is -1.99. The lowest BCUT2D eigenvalue weighted by Crippen LogP contribution is -2.26. The van der Waals surface area contributed by atoms with Crippen LogP contribution >= 0.6 is 11.8 Å². The first-order valence-electron chi connectivity index (χ1n) is 3.47. The minimum absolute atomic E-state index is 0.207. The molecule has 0 radical (unpaired) electrons. The predicted molar refractivity (Wildman–Crippen MR) is 47.1 cm³/mol. The number of carbonyl (C=O) groups is 1. The second-order valence-corrected chi connectivity index (χ2v) is 3.07. The number of amides is 1. The number of H-pyrrole nitrogens is 1. The van der Waals surface area contributed by atoms with Crippen LogP contribution in [0.4, 0.5) is 0 Å². The third-order valence-corrected chi connectivity index (χ3v) is 1.83. The standard InChI is InChI=1S/C6H10N4OS/c1-12-3-2-7-6(11)5-8-4-9-10-5/h4H,2-3H2,1H3,(H,7,11)(H,8,9,10). The Morgan fingerprint density at radius 3 is 3.25 bits per heavy atom. The van der Waals surface area contributed by atoms with Crippen molar-refractivity contribution in [2.24, 2.45) is 0 Å². The van der Waals surface area contributed by atoms with Crippen LogP contribution < -0.4 is 5.32 Å². The zero-order chi connectivity index (χ0) is 8.81. The quantitative estimate of drug-likeness (QED) is 0.644. The molecule has 1 heterocycles. The van der Waals surface area contributed by atoms with Gasteiger partial charge in [-0.25, -0.2) is 4.98 Å². The van der Waals surface area contributed by atoms with E-state index in [0.29, 0.717) is 6.54 Å². The van der Waals surface area contributed by atoms with Crippen molar-refractivity contribution in [3.8, 4) is 0 Å². The first kappa shape index (κ1) is 9.05. The molecule has 1 amide bonds. The molecule has 5 nitrogen and oxygen atoms in total. The summed E-state index contributed by atoms with van der Waals surface area (Å²) in [5.74, 6) is 0.956. The van der Waals surface area contributed by atoms with Crippen molar-refractivity contribution >= 4 is 17.7 Å². The lowest BCUT2D eigenvalue weighted by molar-refractivity contribution is 0.0946. The number of carbonyl (C=O) groups excluding carboxylic acids is 1. The normalized spacial score (nSPS) is 9.75. The summed E-state index contributed by atoms with van der Waals surface area (Å²) >= 11 is 1.68. The number of hydrogen-bond donors (Lipinski definition) is 2. The van der Waals surface area contributed by atoms with Crippen molar-refractivity contribution in [3.05, 3.63) is 12.2 Å². The molecule has 1 aromatic heterocycles. The van der Waals surface area contributed by atoms with Gasteiger partial charge in [0, 0.05) is 12.3 Å². The largest absolute Gasteiger partial charge is 0.349 e. The zero-order valence-electron chi connectivity index (χ0n) is 6.70. The first-order chi connectivity index (χ1) is 5.84. The molecule has 1 rings (SSSR count). The average molecular weight is 186 g/mol. The van der Waals surface area contributed by atoms with E-state index in [1.165, 1.54) is 6.33 Å². The van der Waals surface area contributed by atoms with E-state index < -0.39 is 0 Å². The maximum atomic E-state index is 11.1. The van der Waals surface area contributed by atoms with Crippen LogP contribution in [-0.4, -0.2) is 39.6 Å². The molecule has 2 N–H and O–H groups in total. The van der Waals surface area contributed by atoms with E-state index in [2.05, 4.69) is 20.5 Å². The van der Waals surface area contributed by atoms with Gasteiger partial charge in [-0.2, -0.15) is 16.9 Å². The highest BCUT2D eigenvalue weighted by molar-refractivity contribution is 7.98. The van der Waals surface area contributed by atoms with Crippen LogP contribution in [0.2, 0.25) is 0 Å². The minimum Gasteiger partial charge on any atom is -0.349 e. The Bertz CT molecular complexity index is 236. The minimum atomic E-state index is -0.207. The molecule has 0 aromatic carbocycles. The molecule has 12 heavy (non-hydrogen) atoms. The average Bonchev–Trinajstić information content (AvgIpc) is 2.56. The Labute approximate surface area is 74.3 Å². The summed E-state index contributed by atoms with van der Waals surface area (Å²) < 4.78 is 0. The lowest BCUT2D eigenvalue weighted by atomic mass is 10.5. The van der Waals surface area contributed by atoms with E-state index in [-0.39, 0.29) is 11.7 Å².